The minimum atomic E-state index is -1.05. The smallest absolute Gasteiger partial charge is 0.277 e. The van der Waals surface area contributed by atoms with Gasteiger partial charge in [-0.2, -0.15) is 5.10 Å². The minimum absolute atomic E-state index is 0.219. The number of hydrogen-bond acceptors (Lipinski definition) is 7. The number of fused-ring (bicyclic) bond motifs is 1. The predicted molar refractivity (Wildman–Crippen MR) is 134 cm³/mol. The molecule has 0 unspecified atom stereocenters. The average Bonchev–Trinajstić information content (AvgIpc) is 3.20. The molecule has 0 fully saturated rings. The average molecular weight is 495 g/mol. The van der Waals surface area contributed by atoms with Crippen molar-refractivity contribution >= 4 is 40.3 Å². The Bertz CT molecular complexity index is 1330. The minimum Gasteiger partial charge on any atom is -0.344 e. The first-order valence-electron chi connectivity index (χ1n) is 11.2. The van der Waals surface area contributed by atoms with Crippen molar-refractivity contribution in [1.29, 1.82) is 0 Å². The number of amides is 2. The molecule has 0 bridgehead atoms. The Hall–Kier alpha value is -4.61. The van der Waals surface area contributed by atoms with Gasteiger partial charge >= 0.3 is 0 Å². The monoisotopic (exact) mass is 494 g/mol. The molecule has 2 amide bonds. The van der Waals surface area contributed by atoms with Gasteiger partial charge in [-0.25, -0.2) is 5.43 Å². The number of non-ortho nitro benzene ring substituents is 2. The van der Waals surface area contributed by atoms with Gasteiger partial charge in [0.2, 0.25) is 0 Å². The number of para-hydroxylation sites is 1. The van der Waals surface area contributed by atoms with E-state index in [0.29, 0.717) is 0 Å². The molecule has 12 heteroatoms. The van der Waals surface area contributed by atoms with Crippen LogP contribution in [0, 0.1) is 26.1 Å². The lowest BCUT2D eigenvalue weighted by Gasteiger charge is -2.20. The van der Waals surface area contributed by atoms with Gasteiger partial charge in [-0.1, -0.05) is 32.0 Å². The van der Waals surface area contributed by atoms with Crippen LogP contribution < -0.4 is 10.7 Å². The molecule has 0 saturated heterocycles. The van der Waals surface area contributed by atoms with Gasteiger partial charge < -0.3 is 9.88 Å². The summed E-state index contributed by atoms with van der Waals surface area (Å²) in [7, 11) is 0. The first-order valence-corrected chi connectivity index (χ1v) is 11.2. The highest BCUT2D eigenvalue weighted by Gasteiger charge is 2.27. The zero-order chi connectivity index (χ0) is 26.6. The van der Waals surface area contributed by atoms with Crippen molar-refractivity contribution in [3.63, 3.8) is 0 Å². The van der Waals surface area contributed by atoms with Crippen molar-refractivity contribution < 1.29 is 19.4 Å². The van der Waals surface area contributed by atoms with Crippen LogP contribution in [0.2, 0.25) is 0 Å². The Morgan fingerprint density at radius 2 is 1.61 bits per heavy atom. The second-order valence-corrected chi connectivity index (χ2v) is 8.78. The summed E-state index contributed by atoms with van der Waals surface area (Å²) in [5.41, 5.74) is 2.73. The first-order chi connectivity index (χ1) is 17.0. The Kier molecular flexibility index (Phi) is 7.77. The number of nitrogens with zero attached hydrogens (tertiary/aromatic N) is 4. The van der Waals surface area contributed by atoms with Gasteiger partial charge in [0.05, 0.1) is 27.7 Å². The molecule has 0 spiro atoms. The summed E-state index contributed by atoms with van der Waals surface area (Å²) in [5.74, 6) is -1.84. The third kappa shape index (κ3) is 5.71. The van der Waals surface area contributed by atoms with Gasteiger partial charge in [-0.15, -0.1) is 0 Å². The predicted octanol–water partition coefficient (Wildman–Crippen LogP) is 3.94. The van der Waals surface area contributed by atoms with E-state index in [1.165, 1.54) is 6.21 Å². The number of carbonyl (C=O) groups excluding carboxylic acids is 2. The fraction of sp³-hybridized carbons (Fsp3) is 0.292. The molecule has 0 aliphatic heterocycles. The van der Waals surface area contributed by atoms with Crippen molar-refractivity contribution in [2.45, 2.75) is 39.8 Å². The van der Waals surface area contributed by atoms with Crippen LogP contribution in [0.25, 0.3) is 10.9 Å². The number of benzene rings is 2. The molecule has 0 radical (unpaired) electrons. The zero-order valence-electron chi connectivity index (χ0n) is 20.2. The van der Waals surface area contributed by atoms with Gasteiger partial charge in [0.25, 0.3) is 23.2 Å². The number of nitro groups is 2. The van der Waals surface area contributed by atoms with Crippen molar-refractivity contribution in [1.82, 2.24) is 15.3 Å². The van der Waals surface area contributed by atoms with E-state index in [4.69, 9.17) is 0 Å². The summed E-state index contributed by atoms with van der Waals surface area (Å²) in [6, 6.07) is 9.55. The lowest BCUT2D eigenvalue weighted by atomic mass is 10.0. The summed E-state index contributed by atoms with van der Waals surface area (Å²) in [4.78, 5) is 46.1. The van der Waals surface area contributed by atoms with E-state index in [1.807, 2.05) is 30.5 Å². The molecule has 0 aliphatic rings. The van der Waals surface area contributed by atoms with Crippen LogP contribution in [0.4, 0.5) is 11.4 Å². The Morgan fingerprint density at radius 3 is 2.17 bits per heavy atom. The second kappa shape index (κ2) is 10.8. The quantitative estimate of drug-likeness (QED) is 0.260. The molecule has 3 rings (SSSR count). The number of nitrogens with one attached hydrogen (secondary N) is 2. The molecular weight excluding hydrogens is 468 g/mol. The SMILES string of the molecule is CC(C)[C@H](NC(=O)c1cc([N+](=O)[O-])cc([N+](=O)[O-])c1)C(=O)N/N=C\c1cn(C(C)C)c2ccccc12. The van der Waals surface area contributed by atoms with Gasteiger partial charge in [0.15, 0.2) is 0 Å². The normalized spacial score (nSPS) is 12.3. The molecule has 3 aromatic rings. The second-order valence-electron chi connectivity index (χ2n) is 8.78. The van der Waals surface area contributed by atoms with Gasteiger partial charge in [0, 0.05) is 40.8 Å². The van der Waals surface area contributed by atoms with E-state index in [9.17, 15) is 29.8 Å². The zero-order valence-corrected chi connectivity index (χ0v) is 20.2. The van der Waals surface area contributed by atoms with Crippen LogP contribution in [-0.4, -0.2) is 38.5 Å². The van der Waals surface area contributed by atoms with E-state index in [-0.39, 0.29) is 17.5 Å². The third-order valence-corrected chi connectivity index (χ3v) is 5.53. The summed E-state index contributed by atoms with van der Waals surface area (Å²) >= 11 is 0. The highest BCUT2D eigenvalue weighted by molar-refractivity contribution is 6.01. The Morgan fingerprint density at radius 1 is 1.00 bits per heavy atom. The number of hydrazone groups is 1. The molecule has 1 aromatic heterocycles. The molecular formula is C24H26N6O6. The van der Waals surface area contributed by atoms with E-state index in [0.717, 1.165) is 34.7 Å². The van der Waals surface area contributed by atoms with Crippen molar-refractivity contribution in [3.05, 3.63) is 80.0 Å². The molecule has 1 atom stereocenters. The van der Waals surface area contributed by atoms with Crippen molar-refractivity contribution in [3.8, 4) is 0 Å². The van der Waals surface area contributed by atoms with Gasteiger partial charge in [0.1, 0.15) is 6.04 Å². The van der Waals surface area contributed by atoms with E-state index < -0.39 is 39.1 Å². The van der Waals surface area contributed by atoms with Crippen molar-refractivity contribution in [2.75, 3.05) is 0 Å². The van der Waals surface area contributed by atoms with Crippen LogP contribution in [0.3, 0.4) is 0 Å². The highest BCUT2D eigenvalue weighted by Crippen LogP contribution is 2.24. The fourth-order valence-corrected chi connectivity index (χ4v) is 3.69. The van der Waals surface area contributed by atoms with Crippen molar-refractivity contribution in [2.24, 2.45) is 11.0 Å². The number of carbonyl (C=O) groups is 2. The van der Waals surface area contributed by atoms with Gasteiger partial charge in [-0.05, 0) is 25.8 Å². The van der Waals surface area contributed by atoms with E-state index in [2.05, 4.69) is 34.3 Å². The van der Waals surface area contributed by atoms with Crippen LogP contribution in [0.1, 0.15) is 49.7 Å². The largest absolute Gasteiger partial charge is 0.344 e. The van der Waals surface area contributed by atoms with Crippen LogP contribution in [0.5, 0.6) is 0 Å². The third-order valence-electron chi connectivity index (χ3n) is 5.53. The number of hydrogen-bond donors (Lipinski definition) is 2. The fourth-order valence-electron chi connectivity index (χ4n) is 3.69. The van der Waals surface area contributed by atoms with Crippen LogP contribution in [-0.2, 0) is 4.79 Å². The first kappa shape index (κ1) is 26.0. The summed E-state index contributed by atoms with van der Waals surface area (Å²) < 4.78 is 2.09. The molecule has 188 valence electrons. The maximum atomic E-state index is 12.8. The van der Waals surface area contributed by atoms with Crippen LogP contribution >= 0.6 is 0 Å². The van der Waals surface area contributed by atoms with Crippen LogP contribution in [0.15, 0.2) is 53.8 Å². The molecule has 0 saturated carbocycles. The number of rotatable bonds is 9. The summed E-state index contributed by atoms with van der Waals surface area (Å²) in [5, 5.41) is 29.7. The molecule has 1 heterocycles. The molecule has 12 nitrogen and oxygen atoms in total. The molecule has 0 aliphatic carbocycles. The lowest BCUT2D eigenvalue weighted by molar-refractivity contribution is -0.394. The topological polar surface area (TPSA) is 162 Å². The maximum Gasteiger partial charge on any atom is 0.277 e. The molecule has 36 heavy (non-hydrogen) atoms. The molecule has 2 aromatic carbocycles. The van der Waals surface area contributed by atoms with E-state index >= 15 is 0 Å². The number of aromatic nitrogens is 1. The highest BCUT2D eigenvalue weighted by atomic mass is 16.6. The maximum absolute atomic E-state index is 12.8. The summed E-state index contributed by atoms with van der Waals surface area (Å²) in [6.07, 6.45) is 3.45. The van der Waals surface area contributed by atoms with E-state index in [1.54, 1.807) is 13.8 Å². The molecule has 2 N–H and O–H groups in total. The standard InChI is InChI=1S/C24H26N6O6/c1-14(2)22(26-23(31)16-9-18(29(33)34)11-19(10-16)30(35)36)24(32)27-25-12-17-13-28(15(3)4)21-8-6-5-7-20(17)21/h5-15,22H,1-4H3,(H,26,31)(H,27,32)/b25-12-/t22-/m0/s1. The lowest BCUT2D eigenvalue weighted by Crippen LogP contribution is -2.48. The Balaban J connectivity index is 1.78. The summed E-state index contributed by atoms with van der Waals surface area (Å²) in [6.45, 7) is 7.50. The van der Waals surface area contributed by atoms with Gasteiger partial charge in [-0.3, -0.25) is 29.8 Å². The Labute approximate surface area is 206 Å². The number of nitro benzene ring substituents is 2.